The predicted molar refractivity (Wildman–Crippen MR) is 204 cm³/mol. The third-order valence-electron chi connectivity index (χ3n) is 9.39. The van der Waals surface area contributed by atoms with E-state index >= 15 is 0 Å². The predicted octanol–water partition coefficient (Wildman–Crippen LogP) is 6.40. The van der Waals surface area contributed by atoms with Crippen LogP contribution in [-0.4, -0.2) is 63.4 Å². The summed E-state index contributed by atoms with van der Waals surface area (Å²) in [6.45, 7) is 0.685. The summed E-state index contributed by atoms with van der Waals surface area (Å²) >= 11 is 0. The van der Waals surface area contributed by atoms with Crippen LogP contribution in [0.25, 0.3) is 0 Å². The number of ether oxygens (including phenoxy) is 1. The smallest absolute Gasteiger partial charge is 0.406 e. The van der Waals surface area contributed by atoms with E-state index in [1.165, 1.54) is 22.5 Å². The van der Waals surface area contributed by atoms with Crippen molar-refractivity contribution in [2.75, 3.05) is 36.0 Å². The van der Waals surface area contributed by atoms with E-state index in [1.54, 1.807) is 0 Å². The second-order valence-electron chi connectivity index (χ2n) is 13.2. The van der Waals surface area contributed by atoms with Crippen LogP contribution in [-0.2, 0) is 35.7 Å². The van der Waals surface area contributed by atoms with Crippen LogP contribution in [0.1, 0.15) is 22.3 Å². The Hall–Kier alpha value is -4.92. The average molecular weight is 761 g/mol. The van der Waals surface area contributed by atoms with E-state index in [-0.39, 0.29) is 24.5 Å². The molecule has 2 unspecified atom stereocenters. The number of para-hydroxylation sites is 4. The topological polar surface area (TPSA) is 128 Å². The zero-order valence-corrected chi connectivity index (χ0v) is 30.3. The molecule has 0 spiro atoms. The molecule has 0 aliphatic carbocycles. The average Bonchev–Trinajstić information content (AvgIpc) is 3.42. The number of hydrogen-bond acceptors (Lipinski definition) is 8. The zero-order chi connectivity index (χ0) is 38.3. The van der Waals surface area contributed by atoms with Crippen molar-refractivity contribution in [3.8, 4) is 5.75 Å². The van der Waals surface area contributed by atoms with Crippen LogP contribution in [0.4, 0.5) is 35.9 Å². The Morgan fingerprint density at radius 1 is 0.630 bits per heavy atom. The van der Waals surface area contributed by atoms with Gasteiger partial charge in [-0.25, -0.2) is 13.1 Å². The minimum Gasteiger partial charge on any atom is -0.406 e. The summed E-state index contributed by atoms with van der Waals surface area (Å²) in [5.41, 5.74) is 14.8. The van der Waals surface area contributed by atoms with Gasteiger partial charge in [-0.3, -0.25) is 0 Å². The molecule has 5 aromatic carbocycles. The van der Waals surface area contributed by atoms with Gasteiger partial charge >= 0.3 is 6.36 Å². The number of alkyl halides is 3. The molecule has 0 saturated carbocycles. The van der Waals surface area contributed by atoms with Crippen molar-refractivity contribution in [3.05, 3.63) is 144 Å². The molecule has 0 radical (unpaired) electrons. The van der Waals surface area contributed by atoms with Crippen LogP contribution in [0.15, 0.2) is 126 Å². The number of β-amino-alcohol motifs (C(OH)–C–C–N with tert-alkyl or cyclic N) is 2. The largest absolute Gasteiger partial charge is 0.573 e. The van der Waals surface area contributed by atoms with E-state index in [1.807, 2.05) is 53.4 Å². The Morgan fingerprint density at radius 3 is 1.37 bits per heavy atom. The summed E-state index contributed by atoms with van der Waals surface area (Å²) in [6.07, 6.45) is -2.69. The fourth-order valence-corrected chi connectivity index (χ4v) is 7.88. The van der Waals surface area contributed by atoms with Gasteiger partial charge in [-0.1, -0.05) is 72.8 Å². The van der Waals surface area contributed by atoms with E-state index in [4.69, 9.17) is 5.73 Å². The zero-order valence-electron chi connectivity index (χ0n) is 29.5. The number of benzene rings is 5. The third-order valence-corrected chi connectivity index (χ3v) is 10.8. The molecule has 0 aromatic heterocycles. The van der Waals surface area contributed by atoms with Gasteiger partial charge in [0.15, 0.2) is 0 Å². The summed E-state index contributed by atoms with van der Waals surface area (Å²) in [5.74, 6) is -0.523. The first-order valence-electron chi connectivity index (χ1n) is 17.7. The monoisotopic (exact) mass is 760 g/mol. The van der Waals surface area contributed by atoms with Crippen LogP contribution in [0.2, 0.25) is 0 Å². The Kier molecular flexibility index (Phi) is 12.2. The summed E-state index contributed by atoms with van der Waals surface area (Å²) in [7, 11) is -4.05. The number of nitrogens with two attached hydrogens (primary N) is 1. The second-order valence-corrected chi connectivity index (χ2v) is 14.9. The fraction of sp³-hybridized carbons (Fsp3) is 0.268. The number of fused-ring (bicyclic) bond motifs is 4. The van der Waals surface area contributed by atoms with Crippen molar-refractivity contribution in [1.82, 2.24) is 4.72 Å². The van der Waals surface area contributed by atoms with Gasteiger partial charge in [-0.05, 0) is 96.5 Å². The molecule has 7 rings (SSSR count). The summed E-state index contributed by atoms with van der Waals surface area (Å²) < 4.78 is 68.2. The number of nitrogens with one attached hydrogen (secondary N) is 1. The van der Waals surface area contributed by atoms with Crippen molar-refractivity contribution in [2.24, 2.45) is 5.73 Å². The Balaban J connectivity index is 0.000000210. The van der Waals surface area contributed by atoms with Crippen LogP contribution in [0.5, 0.6) is 5.75 Å². The molecule has 0 fully saturated rings. The first kappa shape index (κ1) is 38.8. The van der Waals surface area contributed by atoms with Gasteiger partial charge in [0.25, 0.3) is 0 Å². The lowest BCUT2D eigenvalue weighted by Crippen LogP contribution is -2.39. The molecule has 5 aromatic rings. The van der Waals surface area contributed by atoms with Crippen molar-refractivity contribution < 1.29 is 36.5 Å². The third kappa shape index (κ3) is 9.59. The number of rotatable bonds is 10. The molecule has 0 amide bonds. The highest BCUT2D eigenvalue weighted by molar-refractivity contribution is 7.89. The molecule has 54 heavy (non-hydrogen) atoms. The van der Waals surface area contributed by atoms with E-state index in [0.717, 1.165) is 72.5 Å². The number of aliphatic hydroxyl groups excluding tert-OH is 2. The van der Waals surface area contributed by atoms with Gasteiger partial charge in [0.05, 0.1) is 30.2 Å². The molecular weight excluding hydrogens is 718 g/mol. The minimum atomic E-state index is -4.87. The normalized spacial score (nSPS) is 14.9. The quantitative estimate of drug-likeness (QED) is 0.129. The fourth-order valence-electron chi connectivity index (χ4n) is 6.80. The summed E-state index contributed by atoms with van der Waals surface area (Å²) in [6, 6.07) is 36.5. The maximum Gasteiger partial charge on any atom is 0.573 e. The van der Waals surface area contributed by atoms with Crippen molar-refractivity contribution in [3.63, 3.8) is 0 Å². The molecule has 2 heterocycles. The second kappa shape index (κ2) is 17.0. The van der Waals surface area contributed by atoms with Crippen LogP contribution >= 0.6 is 0 Å². The molecule has 0 saturated heterocycles. The Bertz CT molecular complexity index is 2040. The Labute approximate surface area is 313 Å². The number of hydrogen-bond donors (Lipinski definition) is 4. The molecule has 0 bridgehead atoms. The van der Waals surface area contributed by atoms with Crippen LogP contribution in [0.3, 0.4) is 0 Å². The molecule has 2 aliphatic heterocycles. The summed E-state index contributed by atoms with van der Waals surface area (Å²) in [4.78, 5) is 3.95. The summed E-state index contributed by atoms with van der Waals surface area (Å²) in [5, 5.41) is 20.7. The van der Waals surface area contributed by atoms with Crippen molar-refractivity contribution >= 4 is 32.8 Å². The molecule has 13 heteroatoms. The van der Waals surface area contributed by atoms with Gasteiger partial charge in [0.2, 0.25) is 10.0 Å². The molecular formula is C41H43F3N4O5S. The molecule has 9 nitrogen and oxygen atoms in total. The van der Waals surface area contributed by atoms with Gasteiger partial charge in [-0.2, -0.15) is 0 Å². The molecule has 2 atom stereocenters. The number of aliphatic hydroxyl groups is 2. The number of nitrogens with zero attached hydrogens (tertiary/aromatic N) is 2. The van der Waals surface area contributed by atoms with Crippen LogP contribution in [0, 0.1) is 0 Å². The number of anilines is 4. The highest BCUT2D eigenvalue weighted by atomic mass is 32.2. The lowest BCUT2D eigenvalue weighted by molar-refractivity contribution is -0.274. The van der Waals surface area contributed by atoms with Crippen LogP contribution < -0.4 is 25.0 Å². The molecule has 2 aliphatic rings. The highest BCUT2D eigenvalue weighted by Crippen LogP contribution is 2.37. The van der Waals surface area contributed by atoms with E-state index in [2.05, 4.69) is 62.9 Å². The first-order valence-corrected chi connectivity index (χ1v) is 19.2. The molecule has 284 valence electrons. The van der Waals surface area contributed by atoms with Gasteiger partial charge in [0, 0.05) is 35.8 Å². The lowest BCUT2D eigenvalue weighted by atomic mass is 10.0. The maximum atomic E-state index is 12.6. The highest BCUT2D eigenvalue weighted by Gasteiger charge is 2.31. The van der Waals surface area contributed by atoms with Gasteiger partial charge in [0.1, 0.15) is 5.75 Å². The SMILES string of the molecule is NCC(O)CN1c2ccccc2CCc2ccccc21.O=S(=O)(NCC(O)CN1c2ccccc2CCc2ccccc21)c1ccc(OC(F)(F)F)cc1. The standard InChI is InChI=1S/C24H23F3N2O4S.C17H20N2O/c25-24(26,27)33-20-11-13-21(14-12-20)34(31,32)28-15-19(30)16-29-22-7-3-1-5-17(22)9-10-18-6-2-4-8-23(18)29;18-11-15(20)12-19-16-7-3-1-5-13(16)9-10-14-6-2-4-8-17(14)19/h1-8,11-14,19,28,30H,9-10,15-16H2;1-8,15,20H,9-12,18H2. The van der Waals surface area contributed by atoms with Gasteiger partial charge in [-0.15, -0.1) is 13.2 Å². The number of aryl methyl sites for hydroxylation is 4. The maximum absolute atomic E-state index is 12.6. The van der Waals surface area contributed by atoms with Crippen molar-refractivity contribution in [1.29, 1.82) is 0 Å². The molecule has 5 N–H and O–H groups in total. The lowest BCUT2D eigenvalue weighted by Gasteiger charge is -2.29. The first-order chi connectivity index (χ1) is 25.9. The Morgan fingerprint density at radius 2 is 1.00 bits per heavy atom. The van der Waals surface area contributed by atoms with Crippen molar-refractivity contribution in [2.45, 2.75) is 49.1 Å². The van der Waals surface area contributed by atoms with Gasteiger partial charge < -0.3 is 30.5 Å². The number of sulfonamides is 1. The minimum absolute atomic E-state index is 0.148. The number of halogens is 3. The van der Waals surface area contributed by atoms with E-state index < -0.39 is 34.3 Å². The van der Waals surface area contributed by atoms with E-state index in [9.17, 15) is 31.8 Å². The van der Waals surface area contributed by atoms with E-state index in [0.29, 0.717) is 6.54 Å².